The van der Waals surface area contributed by atoms with Crippen molar-refractivity contribution >= 4 is 5.97 Å². The first-order valence-corrected chi connectivity index (χ1v) is 8.76. The third-order valence-electron chi connectivity index (χ3n) is 5.27. The van der Waals surface area contributed by atoms with Crippen LogP contribution in [-0.2, 0) is 9.53 Å². The van der Waals surface area contributed by atoms with E-state index in [9.17, 15) is 4.79 Å². The number of nitrogens with one attached hydrogen (secondary N) is 1. The first-order chi connectivity index (χ1) is 10.1. The molecule has 1 aliphatic carbocycles. The van der Waals surface area contributed by atoms with Gasteiger partial charge in [0, 0.05) is 19.6 Å². The van der Waals surface area contributed by atoms with Gasteiger partial charge in [0.2, 0.25) is 0 Å². The van der Waals surface area contributed by atoms with Gasteiger partial charge in [-0.25, -0.2) is 0 Å². The van der Waals surface area contributed by atoms with E-state index in [-0.39, 0.29) is 11.5 Å². The van der Waals surface area contributed by atoms with Crippen LogP contribution < -0.4 is 5.32 Å². The second kappa shape index (κ2) is 7.59. The molecule has 0 bridgehead atoms. The first-order valence-electron chi connectivity index (χ1n) is 8.76. The van der Waals surface area contributed by atoms with Gasteiger partial charge in [-0.3, -0.25) is 9.69 Å². The number of esters is 1. The molecule has 4 heteroatoms. The molecule has 21 heavy (non-hydrogen) atoms. The predicted octanol–water partition coefficient (Wildman–Crippen LogP) is 2.43. The topological polar surface area (TPSA) is 41.6 Å². The van der Waals surface area contributed by atoms with Crippen LogP contribution >= 0.6 is 0 Å². The van der Waals surface area contributed by atoms with E-state index in [4.69, 9.17) is 4.74 Å². The number of ether oxygens (including phenoxy) is 1. The number of carbonyl (C=O) groups is 1. The molecule has 4 nitrogen and oxygen atoms in total. The second-order valence-electron chi connectivity index (χ2n) is 6.83. The van der Waals surface area contributed by atoms with Crippen molar-refractivity contribution in [2.75, 3.05) is 32.8 Å². The second-order valence-corrected chi connectivity index (χ2v) is 6.83. The summed E-state index contributed by atoms with van der Waals surface area (Å²) in [5.41, 5.74) is -0.381. The van der Waals surface area contributed by atoms with Crippen LogP contribution in [0.4, 0.5) is 0 Å². The predicted molar refractivity (Wildman–Crippen MR) is 85.2 cm³/mol. The van der Waals surface area contributed by atoms with Gasteiger partial charge in [0.1, 0.15) is 5.54 Å². The summed E-state index contributed by atoms with van der Waals surface area (Å²) in [7, 11) is 0. The van der Waals surface area contributed by atoms with Crippen molar-refractivity contribution in [3.05, 3.63) is 0 Å². The Hall–Kier alpha value is -0.610. The van der Waals surface area contributed by atoms with E-state index in [0.29, 0.717) is 18.4 Å². The molecule has 2 rings (SSSR count). The fourth-order valence-electron chi connectivity index (χ4n) is 4.34. The van der Waals surface area contributed by atoms with E-state index >= 15 is 0 Å². The van der Waals surface area contributed by atoms with Crippen molar-refractivity contribution in [3.63, 3.8) is 0 Å². The van der Waals surface area contributed by atoms with Crippen molar-refractivity contribution in [3.8, 4) is 0 Å². The maximum atomic E-state index is 13.0. The molecule has 0 amide bonds. The van der Waals surface area contributed by atoms with Crippen LogP contribution in [0.5, 0.6) is 0 Å². The van der Waals surface area contributed by atoms with E-state index in [0.717, 1.165) is 51.9 Å². The molecule has 2 atom stereocenters. The van der Waals surface area contributed by atoms with Crippen LogP contribution in [0.1, 0.15) is 52.9 Å². The summed E-state index contributed by atoms with van der Waals surface area (Å²) in [6.07, 6.45) is 5.63. The summed E-state index contributed by atoms with van der Waals surface area (Å²) >= 11 is 0. The largest absolute Gasteiger partial charge is 0.465 e. The monoisotopic (exact) mass is 296 g/mol. The SMILES string of the molecule is CCOC(=O)C1(N2CCCNCC2)CCCCC1C(C)C. The lowest BCUT2D eigenvalue weighted by molar-refractivity contribution is -0.167. The zero-order valence-corrected chi connectivity index (χ0v) is 14.0. The first kappa shape index (κ1) is 16.8. The average molecular weight is 296 g/mol. The van der Waals surface area contributed by atoms with E-state index < -0.39 is 0 Å². The molecular weight excluding hydrogens is 264 g/mol. The molecule has 0 aromatic rings. The molecule has 1 saturated carbocycles. The molecule has 0 aromatic heterocycles. The summed E-state index contributed by atoms with van der Waals surface area (Å²) in [6.45, 7) is 10.9. The molecule has 2 aliphatic rings. The lowest BCUT2D eigenvalue weighted by Gasteiger charge is -2.50. The van der Waals surface area contributed by atoms with Crippen LogP contribution in [0.15, 0.2) is 0 Å². The zero-order chi connectivity index (χ0) is 15.3. The molecule has 1 heterocycles. The lowest BCUT2D eigenvalue weighted by atomic mass is 9.66. The summed E-state index contributed by atoms with van der Waals surface area (Å²) in [4.78, 5) is 15.4. The number of nitrogens with zero attached hydrogens (tertiary/aromatic N) is 1. The zero-order valence-electron chi connectivity index (χ0n) is 14.0. The molecular formula is C17H32N2O2. The van der Waals surface area contributed by atoms with Gasteiger partial charge >= 0.3 is 5.97 Å². The Kier molecular flexibility index (Phi) is 6.06. The standard InChI is InChI=1S/C17H32N2O2/c1-4-21-16(20)17(19-12-7-10-18-11-13-19)9-6-5-8-15(17)14(2)3/h14-15,18H,4-13H2,1-3H3. The molecule has 2 unspecified atom stereocenters. The quantitative estimate of drug-likeness (QED) is 0.809. The smallest absolute Gasteiger partial charge is 0.326 e. The summed E-state index contributed by atoms with van der Waals surface area (Å²) < 4.78 is 5.56. The maximum absolute atomic E-state index is 13.0. The Morgan fingerprint density at radius 1 is 1.29 bits per heavy atom. The van der Waals surface area contributed by atoms with Gasteiger partial charge in [0.05, 0.1) is 6.61 Å². The lowest BCUT2D eigenvalue weighted by Crippen LogP contribution is -2.63. The van der Waals surface area contributed by atoms with Gasteiger partial charge in [0.25, 0.3) is 0 Å². The van der Waals surface area contributed by atoms with Gasteiger partial charge in [-0.15, -0.1) is 0 Å². The van der Waals surface area contributed by atoms with Crippen molar-refractivity contribution in [2.24, 2.45) is 11.8 Å². The van der Waals surface area contributed by atoms with Crippen LogP contribution in [0, 0.1) is 11.8 Å². The van der Waals surface area contributed by atoms with Gasteiger partial charge in [-0.05, 0) is 44.6 Å². The minimum absolute atomic E-state index is 0.0327. The Morgan fingerprint density at radius 3 is 2.81 bits per heavy atom. The van der Waals surface area contributed by atoms with E-state index in [1.54, 1.807) is 0 Å². The Bertz CT molecular complexity index is 338. The Labute approximate surface area is 129 Å². The number of hydrogen-bond acceptors (Lipinski definition) is 4. The molecule has 1 N–H and O–H groups in total. The Morgan fingerprint density at radius 2 is 2.10 bits per heavy atom. The summed E-state index contributed by atoms with van der Waals surface area (Å²) in [5.74, 6) is 0.972. The van der Waals surface area contributed by atoms with Gasteiger partial charge in [-0.1, -0.05) is 26.7 Å². The normalized spacial score (nSPS) is 31.9. The van der Waals surface area contributed by atoms with Crippen molar-refractivity contribution in [1.82, 2.24) is 10.2 Å². The van der Waals surface area contributed by atoms with Crippen molar-refractivity contribution < 1.29 is 9.53 Å². The van der Waals surface area contributed by atoms with E-state index in [2.05, 4.69) is 24.1 Å². The van der Waals surface area contributed by atoms with Crippen molar-refractivity contribution in [2.45, 2.75) is 58.4 Å². The highest BCUT2D eigenvalue weighted by molar-refractivity contribution is 5.81. The fourth-order valence-corrected chi connectivity index (χ4v) is 4.34. The maximum Gasteiger partial charge on any atom is 0.326 e. The van der Waals surface area contributed by atoms with E-state index in [1.165, 1.54) is 6.42 Å². The number of rotatable bonds is 4. The summed E-state index contributed by atoms with van der Waals surface area (Å²) in [5, 5.41) is 3.45. The highest BCUT2D eigenvalue weighted by atomic mass is 16.5. The molecule has 1 aliphatic heterocycles. The molecule has 2 fully saturated rings. The highest BCUT2D eigenvalue weighted by Crippen LogP contribution is 2.43. The Balaban J connectivity index is 2.33. The number of hydrogen-bond donors (Lipinski definition) is 1. The highest BCUT2D eigenvalue weighted by Gasteiger charge is 2.53. The molecule has 0 spiro atoms. The van der Waals surface area contributed by atoms with Gasteiger partial charge < -0.3 is 10.1 Å². The number of carbonyl (C=O) groups excluding carboxylic acids is 1. The minimum atomic E-state index is -0.381. The van der Waals surface area contributed by atoms with Gasteiger partial charge in [-0.2, -0.15) is 0 Å². The molecule has 0 radical (unpaired) electrons. The summed E-state index contributed by atoms with van der Waals surface area (Å²) in [6, 6.07) is 0. The van der Waals surface area contributed by atoms with Gasteiger partial charge in [0.15, 0.2) is 0 Å². The van der Waals surface area contributed by atoms with E-state index in [1.807, 2.05) is 6.92 Å². The third-order valence-corrected chi connectivity index (χ3v) is 5.27. The van der Waals surface area contributed by atoms with Crippen LogP contribution in [0.2, 0.25) is 0 Å². The van der Waals surface area contributed by atoms with Crippen LogP contribution in [0.3, 0.4) is 0 Å². The third kappa shape index (κ3) is 3.42. The molecule has 122 valence electrons. The molecule has 1 saturated heterocycles. The van der Waals surface area contributed by atoms with Crippen LogP contribution in [0.25, 0.3) is 0 Å². The van der Waals surface area contributed by atoms with Crippen molar-refractivity contribution in [1.29, 1.82) is 0 Å². The van der Waals surface area contributed by atoms with Crippen LogP contribution in [-0.4, -0.2) is 49.2 Å². The molecule has 0 aromatic carbocycles. The average Bonchev–Trinajstić information content (AvgIpc) is 2.76. The fraction of sp³-hybridized carbons (Fsp3) is 0.941. The minimum Gasteiger partial charge on any atom is -0.465 e.